The van der Waals surface area contributed by atoms with E-state index in [1.165, 1.54) is 6.42 Å². The predicted molar refractivity (Wildman–Crippen MR) is 111 cm³/mol. The number of nitrogens with one attached hydrogen (secondary N) is 1. The first kappa shape index (κ1) is 19.5. The third-order valence-corrected chi connectivity index (χ3v) is 6.23. The van der Waals surface area contributed by atoms with Crippen molar-refractivity contribution in [1.82, 2.24) is 5.32 Å². The molecule has 1 amide bonds. The summed E-state index contributed by atoms with van der Waals surface area (Å²) in [6.07, 6.45) is 5.39. The highest BCUT2D eigenvalue weighted by molar-refractivity contribution is 5.81. The fraction of sp³-hybridized carbons (Fsp3) is 0.417. The van der Waals surface area contributed by atoms with Gasteiger partial charge in [-0.2, -0.15) is 0 Å². The van der Waals surface area contributed by atoms with E-state index in [1.807, 2.05) is 24.3 Å². The molecule has 1 fully saturated rings. The molecular formula is C24H27NO4. The predicted octanol–water partition coefficient (Wildman–Crippen LogP) is 4.95. The van der Waals surface area contributed by atoms with E-state index < -0.39 is 18.1 Å². The molecule has 0 radical (unpaired) electrons. The normalized spacial score (nSPS) is 17.2. The zero-order chi connectivity index (χ0) is 20.2. The summed E-state index contributed by atoms with van der Waals surface area (Å²) in [6.45, 7) is 0.190. The lowest BCUT2D eigenvalue weighted by atomic mass is 9.85. The lowest BCUT2D eigenvalue weighted by Gasteiger charge is -2.25. The summed E-state index contributed by atoms with van der Waals surface area (Å²) in [5.74, 6) is -0.669. The third-order valence-electron chi connectivity index (χ3n) is 6.23. The molecule has 1 atom stereocenters. The minimum absolute atomic E-state index is 0.0326. The maximum absolute atomic E-state index is 12.4. The average Bonchev–Trinajstić information content (AvgIpc) is 3.06. The summed E-state index contributed by atoms with van der Waals surface area (Å²) in [5, 5.41) is 12.1. The monoisotopic (exact) mass is 393 g/mol. The molecule has 0 aromatic heterocycles. The highest BCUT2D eigenvalue weighted by Gasteiger charge is 2.30. The van der Waals surface area contributed by atoms with Crippen LogP contribution in [0.15, 0.2) is 48.5 Å². The number of carbonyl (C=O) groups is 2. The van der Waals surface area contributed by atoms with Gasteiger partial charge < -0.3 is 15.2 Å². The van der Waals surface area contributed by atoms with Crippen molar-refractivity contribution in [3.8, 4) is 11.1 Å². The Balaban J connectivity index is 1.39. The molecule has 5 heteroatoms. The fourth-order valence-corrected chi connectivity index (χ4v) is 4.76. The Kier molecular flexibility index (Phi) is 5.84. The number of hydrogen-bond donors (Lipinski definition) is 2. The Morgan fingerprint density at radius 3 is 2.14 bits per heavy atom. The molecule has 0 spiro atoms. The van der Waals surface area contributed by atoms with E-state index in [2.05, 4.69) is 29.6 Å². The third kappa shape index (κ3) is 4.29. The number of hydrogen-bond acceptors (Lipinski definition) is 3. The number of benzene rings is 2. The van der Waals surface area contributed by atoms with Gasteiger partial charge >= 0.3 is 12.1 Å². The smallest absolute Gasteiger partial charge is 0.407 e. The maximum atomic E-state index is 12.4. The molecule has 4 rings (SSSR count). The zero-order valence-corrected chi connectivity index (χ0v) is 16.5. The van der Waals surface area contributed by atoms with Crippen molar-refractivity contribution in [1.29, 1.82) is 0 Å². The van der Waals surface area contributed by atoms with Crippen LogP contribution in [0.5, 0.6) is 0 Å². The first-order valence-electron chi connectivity index (χ1n) is 10.5. The van der Waals surface area contributed by atoms with Gasteiger partial charge in [-0.1, -0.05) is 80.6 Å². The van der Waals surface area contributed by atoms with Gasteiger partial charge in [-0.15, -0.1) is 0 Å². The van der Waals surface area contributed by atoms with E-state index in [-0.39, 0.29) is 12.5 Å². The van der Waals surface area contributed by atoms with Crippen LogP contribution in [0.3, 0.4) is 0 Å². The second-order valence-corrected chi connectivity index (χ2v) is 8.10. The van der Waals surface area contributed by atoms with Crippen molar-refractivity contribution in [2.45, 2.75) is 50.5 Å². The van der Waals surface area contributed by atoms with Crippen molar-refractivity contribution >= 4 is 12.1 Å². The van der Waals surface area contributed by atoms with E-state index in [4.69, 9.17) is 4.74 Å². The number of amides is 1. The van der Waals surface area contributed by atoms with E-state index in [9.17, 15) is 14.7 Å². The molecule has 5 nitrogen and oxygen atoms in total. The van der Waals surface area contributed by atoms with Crippen molar-refractivity contribution in [2.24, 2.45) is 5.92 Å². The van der Waals surface area contributed by atoms with Gasteiger partial charge in [0.1, 0.15) is 12.6 Å². The molecule has 2 N–H and O–H groups in total. The van der Waals surface area contributed by atoms with Crippen LogP contribution in [0, 0.1) is 5.92 Å². The highest BCUT2D eigenvalue weighted by Crippen LogP contribution is 2.44. The summed E-state index contributed by atoms with van der Waals surface area (Å²) in [7, 11) is 0. The second kappa shape index (κ2) is 8.68. The minimum Gasteiger partial charge on any atom is -0.480 e. The minimum atomic E-state index is -0.996. The summed E-state index contributed by atoms with van der Waals surface area (Å²) >= 11 is 0. The van der Waals surface area contributed by atoms with Crippen LogP contribution < -0.4 is 5.32 Å². The van der Waals surface area contributed by atoms with Gasteiger partial charge in [0.05, 0.1) is 0 Å². The molecule has 1 saturated carbocycles. The van der Waals surface area contributed by atoms with Crippen LogP contribution in [0.1, 0.15) is 55.6 Å². The van der Waals surface area contributed by atoms with Gasteiger partial charge in [-0.3, -0.25) is 0 Å². The molecule has 0 bridgehead atoms. The number of fused-ring (bicyclic) bond motifs is 3. The van der Waals surface area contributed by atoms with Gasteiger partial charge in [0.15, 0.2) is 0 Å². The van der Waals surface area contributed by atoms with Crippen LogP contribution in [0.25, 0.3) is 11.1 Å². The number of rotatable bonds is 6. The second-order valence-electron chi connectivity index (χ2n) is 8.10. The van der Waals surface area contributed by atoms with Crippen LogP contribution in [-0.4, -0.2) is 29.8 Å². The van der Waals surface area contributed by atoms with E-state index >= 15 is 0 Å². The Morgan fingerprint density at radius 1 is 0.966 bits per heavy atom. The van der Waals surface area contributed by atoms with E-state index in [1.54, 1.807) is 0 Å². The molecule has 29 heavy (non-hydrogen) atoms. The van der Waals surface area contributed by atoms with Crippen molar-refractivity contribution in [2.75, 3.05) is 6.61 Å². The topological polar surface area (TPSA) is 75.6 Å². The average molecular weight is 393 g/mol. The molecule has 2 aromatic rings. The summed E-state index contributed by atoms with van der Waals surface area (Å²) in [6, 6.07) is 15.4. The zero-order valence-electron chi connectivity index (χ0n) is 16.5. The molecular weight excluding hydrogens is 366 g/mol. The van der Waals surface area contributed by atoms with Crippen LogP contribution in [0.4, 0.5) is 4.79 Å². The van der Waals surface area contributed by atoms with Crippen LogP contribution in [0.2, 0.25) is 0 Å². The Morgan fingerprint density at radius 2 is 1.55 bits per heavy atom. The standard InChI is InChI=1S/C24H27NO4/c26-23(27)22(14-16-8-2-1-3-9-16)25-24(28)29-15-21-19-12-6-4-10-17(19)18-11-5-7-13-20(18)21/h4-7,10-13,16,21-22H,1-3,8-9,14-15H2,(H,25,28)(H,26,27). The number of ether oxygens (including phenoxy) is 1. The van der Waals surface area contributed by atoms with Gasteiger partial charge in [-0.05, 0) is 34.6 Å². The number of aliphatic carboxylic acids is 1. The van der Waals surface area contributed by atoms with E-state index in [0.717, 1.165) is 47.9 Å². The lowest BCUT2D eigenvalue weighted by molar-refractivity contribution is -0.139. The van der Waals surface area contributed by atoms with Crippen LogP contribution >= 0.6 is 0 Å². The van der Waals surface area contributed by atoms with E-state index in [0.29, 0.717) is 12.3 Å². The summed E-state index contributed by atoms with van der Waals surface area (Å²) < 4.78 is 5.50. The largest absolute Gasteiger partial charge is 0.480 e. The Bertz CT molecular complexity index is 842. The van der Waals surface area contributed by atoms with Crippen molar-refractivity contribution < 1.29 is 19.4 Å². The molecule has 1 unspecified atom stereocenters. The molecule has 152 valence electrons. The number of alkyl carbamates (subject to hydrolysis) is 1. The summed E-state index contributed by atoms with van der Waals surface area (Å²) in [4.78, 5) is 24.0. The molecule has 0 saturated heterocycles. The Labute approximate surface area is 171 Å². The number of carboxylic acids is 1. The molecule has 2 aromatic carbocycles. The molecule has 0 aliphatic heterocycles. The first-order chi connectivity index (χ1) is 14.1. The van der Waals surface area contributed by atoms with Gasteiger partial charge in [0.2, 0.25) is 0 Å². The summed E-state index contributed by atoms with van der Waals surface area (Å²) in [5.41, 5.74) is 4.60. The highest BCUT2D eigenvalue weighted by atomic mass is 16.5. The SMILES string of the molecule is O=C(NC(CC1CCCCC1)C(=O)O)OCC1c2ccccc2-c2ccccc21. The Hall–Kier alpha value is -2.82. The van der Waals surface area contributed by atoms with Gasteiger partial charge in [0.25, 0.3) is 0 Å². The maximum Gasteiger partial charge on any atom is 0.407 e. The quantitative estimate of drug-likeness (QED) is 0.728. The fourth-order valence-electron chi connectivity index (χ4n) is 4.76. The van der Waals surface area contributed by atoms with Crippen molar-refractivity contribution in [3.63, 3.8) is 0 Å². The van der Waals surface area contributed by atoms with Crippen molar-refractivity contribution in [3.05, 3.63) is 59.7 Å². The van der Waals surface area contributed by atoms with Gasteiger partial charge in [-0.25, -0.2) is 9.59 Å². The number of carboxylic acid groups (broad SMARTS) is 1. The first-order valence-corrected chi connectivity index (χ1v) is 10.5. The molecule has 2 aliphatic rings. The van der Waals surface area contributed by atoms with Crippen LogP contribution in [-0.2, 0) is 9.53 Å². The number of carbonyl (C=O) groups excluding carboxylic acids is 1. The molecule has 0 heterocycles. The lowest BCUT2D eigenvalue weighted by Crippen LogP contribution is -2.42. The molecule has 2 aliphatic carbocycles. The van der Waals surface area contributed by atoms with Gasteiger partial charge in [0, 0.05) is 5.92 Å².